The fourth-order valence-electron chi connectivity index (χ4n) is 2.52. The van der Waals surface area contributed by atoms with E-state index in [4.69, 9.17) is 5.26 Å². The Morgan fingerprint density at radius 3 is 2.69 bits per heavy atom. The zero-order valence-electron chi connectivity index (χ0n) is 13.3. The Kier molecular flexibility index (Phi) is 3.95. The lowest BCUT2D eigenvalue weighted by Crippen LogP contribution is -2.13. The maximum atomic E-state index is 12.5. The zero-order chi connectivity index (χ0) is 18.1. The molecule has 0 bridgehead atoms. The van der Waals surface area contributed by atoms with Gasteiger partial charge in [-0.3, -0.25) is 9.12 Å². The Balaban J connectivity index is 1.58. The van der Waals surface area contributed by atoms with Gasteiger partial charge in [-0.2, -0.15) is 5.26 Å². The molecule has 0 spiro atoms. The summed E-state index contributed by atoms with van der Waals surface area (Å²) in [6.45, 7) is 0. The smallest absolute Gasteiger partial charge is 0.261 e. The van der Waals surface area contributed by atoms with E-state index < -0.39 is 10.0 Å². The quantitative estimate of drug-likeness (QED) is 0.584. The van der Waals surface area contributed by atoms with Gasteiger partial charge in [-0.25, -0.2) is 13.4 Å². The molecule has 4 aromatic rings. The van der Waals surface area contributed by atoms with Crippen LogP contribution in [0.5, 0.6) is 0 Å². The predicted octanol–water partition coefficient (Wildman–Crippen LogP) is 3.74. The van der Waals surface area contributed by atoms with Crippen LogP contribution < -0.4 is 4.72 Å². The summed E-state index contributed by atoms with van der Waals surface area (Å²) in [6, 6.07) is 14.8. The summed E-state index contributed by atoms with van der Waals surface area (Å²) in [4.78, 5) is 5.48. The molecule has 6 nitrogen and oxygen atoms in total. The minimum absolute atomic E-state index is 0.0509. The second-order valence-corrected chi connectivity index (χ2v) is 8.10. The van der Waals surface area contributed by atoms with E-state index in [-0.39, 0.29) is 4.90 Å². The topological polar surface area (TPSA) is 87.3 Å². The molecule has 128 valence electrons. The molecule has 1 N–H and O–H groups in total. The number of hydrogen-bond donors (Lipinski definition) is 1. The molecular formula is C18H12N4O2S2. The van der Waals surface area contributed by atoms with Crippen LogP contribution in [0, 0.1) is 11.3 Å². The summed E-state index contributed by atoms with van der Waals surface area (Å²) in [6.07, 6.45) is 3.87. The lowest BCUT2D eigenvalue weighted by atomic mass is 10.1. The number of anilines is 1. The first-order valence-corrected chi connectivity index (χ1v) is 9.97. The third-order valence-corrected chi connectivity index (χ3v) is 5.95. The number of sulfonamides is 1. The minimum atomic E-state index is -3.75. The summed E-state index contributed by atoms with van der Waals surface area (Å²) in [7, 11) is -3.75. The standard InChI is InChI=1S/C18H12N4O2S2/c19-11-13-2-1-3-16(10-13)26(23,24)21-15-6-4-14(5-7-15)17-12-22-8-9-25-18(22)20-17/h1-10,12,21H. The van der Waals surface area contributed by atoms with Crippen LogP contribution in [-0.4, -0.2) is 17.8 Å². The Labute approximate surface area is 154 Å². The first-order chi connectivity index (χ1) is 12.5. The van der Waals surface area contributed by atoms with Gasteiger partial charge in [0.05, 0.1) is 22.2 Å². The van der Waals surface area contributed by atoms with E-state index in [1.54, 1.807) is 35.6 Å². The molecular weight excluding hydrogens is 368 g/mol. The summed E-state index contributed by atoms with van der Waals surface area (Å²) >= 11 is 1.55. The lowest BCUT2D eigenvalue weighted by molar-refractivity contribution is 0.601. The molecule has 2 aromatic heterocycles. The van der Waals surface area contributed by atoms with Gasteiger partial charge in [0.25, 0.3) is 10.0 Å². The normalized spacial score (nSPS) is 11.3. The molecule has 0 atom stereocenters. The van der Waals surface area contributed by atoms with Gasteiger partial charge in [0.1, 0.15) is 0 Å². The van der Waals surface area contributed by atoms with Crippen LogP contribution in [0.15, 0.2) is 71.2 Å². The Morgan fingerprint density at radius 2 is 1.96 bits per heavy atom. The van der Waals surface area contributed by atoms with Gasteiger partial charge >= 0.3 is 0 Å². The molecule has 0 aliphatic carbocycles. The number of nitrogens with one attached hydrogen (secondary N) is 1. The maximum absolute atomic E-state index is 12.5. The molecule has 4 rings (SSSR count). The second kappa shape index (κ2) is 6.29. The first-order valence-electron chi connectivity index (χ1n) is 7.61. The average molecular weight is 380 g/mol. The van der Waals surface area contributed by atoms with Crippen molar-refractivity contribution in [2.24, 2.45) is 0 Å². The van der Waals surface area contributed by atoms with Crippen LogP contribution in [0.3, 0.4) is 0 Å². The molecule has 26 heavy (non-hydrogen) atoms. The van der Waals surface area contributed by atoms with Gasteiger partial charge in [-0.15, -0.1) is 11.3 Å². The van der Waals surface area contributed by atoms with Gasteiger partial charge in [-0.1, -0.05) is 18.2 Å². The lowest BCUT2D eigenvalue weighted by Gasteiger charge is -2.08. The molecule has 8 heteroatoms. The van der Waals surface area contributed by atoms with Gasteiger partial charge in [-0.05, 0) is 30.3 Å². The predicted molar refractivity (Wildman–Crippen MR) is 100 cm³/mol. The molecule has 0 radical (unpaired) electrons. The monoisotopic (exact) mass is 380 g/mol. The summed E-state index contributed by atoms with van der Waals surface area (Å²) in [5.74, 6) is 0. The first kappa shape index (κ1) is 16.3. The molecule has 0 saturated heterocycles. The number of imidazole rings is 1. The zero-order valence-corrected chi connectivity index (χ0v) is 15.0. The number of fused-ring (bicyclic) bond motifs is 1. The van der Waals surface area contributed by atoms with E-state index in [0.29, 0.717) is 11.3 Å². The number of hydrogen-bond acceptors (Lipinski definition) is 5. The highest BCUT2D eigenvalue weighted by Gasteiger charge is 2.15. The van der Waals surface area contributed by atoms with E-state index >= 15 is 0 Å². The van der Waals surface area contributed by atoms with Crippen molar-refractivity contribution in [3.8, 4) is 17.3 Å². The molecule has 0 unspecified atom stereocenters. The molecule has 0 aliphatic rings. The summed E-state index contributed by atoms with van der Waals surface area (Å²) < 4.78 is 29.4. The molecule has 0 saturated carbocycles. The largest absolute Gasteiger partial charge is 0.297 e. The fourth-order valence-corrected chi connectivity index (χ4v) is 4.33. The Bertz CT molecular complexity index is 1200. The van der Waals surface area contributed by atoms with Crippen molar-refractivity contribution >= 4 is 32.0 Å². The van der Waals surface area contributed by atoms with Crippen LogP contribution >= 0.6 is 11.3 Å². The van der Waals surface area contributed by atoms with E-state index in [0.717, 1.165) is 16.2 Å². The highest BCUT2D eigenvalue weighted by molar-refractivity contribution is 7.92. The average Bonchev–Trinajstić information content (AvgIpc) is 3.24. The van der Waals surface area contributed by atoms with E-state index in [2.05, 4.69) is 9.71 Å². The van der Waals surface area contributed by atoms with Crippen LogP contribution in [-0.2, 0) is 10.0 Å². The molecule has 0 amide bonds. The second-order valence-electron chi connectivity index (χ2n) is 5.54. The van der Waals surface area contributed by atoms with Crippen molar-refractivity contribution in [2.75, 3.05) is 4.72 Å². The number of aromatic nitrogens is 2. The minimum Gasteiger partial charge on any atom is -0.297 e. The summed E-state index contributed by atoms with van der Waals surface area (Å²) in [5.41, 5.74) is 2.46. The number of nitrogens with zero attached hydrogens (tertiary/aromatic N) is 3. The summed E-state index contributed by atoms with van der Waals surface area (Å²) in [5, 5.41) is 10.9. The van der Waals surface area contributed by atoms with Crippen molar-refractivity contribution in [1.82, 2.24) is 9.38 Å². The van der Waals surface area contributed by atoms with E-state index in [9.17, 15) is 8.42 Å². The number of benzene rings is 2. The van der Waals surface area contributed by atoms with Crippen LogP contribution in [0.25, 0.3) is 16.2 Å². The van der Waals surface area contributed by atoms with E-state index in [1.165, 1.54) is 12.1 Å². The van der Waals surface area contributed by atoms with Gasteiger partial charge in [0, 0.05) is 29.0 Å². The number of nitriles is 1. The van der Waals surface area contributed by atoms with Crippen molar-refractivity contribution in [2.45, 2.75) is 4.90 Å². The maximum Gasteiger partial charge on any atom is 0.261 e. The fraction of sp³-hybridized carbons (Fsp3) is 0. The van der Waals surface area contributed by atoms with Gasteiger partial charge < -0.3 is 0 Å². The molecule has 0 aliphatic heterocycles. The van der Waals surface area contributed by atoms with Crippen molar-refractivity contribution in [3.63, 3.8) is 0 Å². The third kappa shape index (κ3) is 3.06. The molecule has 2 heterocycles. The Morgan fingerprint density at radius 1 is 1.15 bits per heavy atom. The third-order valence-electron chi connectivity index (χ3n) is 3.80. The molecule has 0 fully saturated rings. The highest BCUT2D eigenvalue weighted by atomic mass is 32.2. The van der Waals surface area contributed by atoms with Crippen molar-refractivity contribution < 1.29 is 8.42 Å². The van der Waals surface area contributed by atoms with Crippen molar-refractivity contribution in [1.29, 1.82) is 5.26 Å². The van der Waals surface area contributed by atoms with Gasteiger partial charge in [0.2, 0.25) is 0 Å². The van der Waals surface area contributed by atoms with Crippen LogP contribution in [0.1, 0.15) is 5.56 Å². The van der Waals surface area contributed by atoms with Crippen molar-refractivity contribution in [3.05, 3.63) is 71.9 Å². The highest BCUT2D eigenvalue weighted by Crippen LogP contribution is 2.24. The van der Waals surface area contributed by atoms with E-state index in [1.807, 2.05) is 40.4 Å². The number of rotatable bonds is 4. The Hall–Kier alpha value is -3.15. The molecule has 2 aromatic carbocycles. The van der Waals surface area contributed by atoms with Gasteiger partial charge in [0.15, 0.2) is 4.96 Å². The number of thiazole rings is 1. The van der Waals surface area contributed by atoms with Crippen LogP contribution in [0.4, 0.5) is 5.69 Å². The van der Waals surface area contributed by atoms with Crippen LogP contribution in [0.2, 0.25) is 0 Å². The SMILES string of the molecule is N#Cc1cccc(S(=O)(=O)Nc2ccc(-c3cn4ccsc4n3)cc2)c1.